The third kappa shape index (κ3) is 3.93. The fourth-order valence-electron chi connectivity index (χ4n) is 4.33. The number of benzene rings is 3. The molecule has 0 saturated carbocycles. The number of ether oxygens (including phenoxy) is 2. The van der Waals surface area contributed by atoms with Crippen molar-refractivity contribution in [3.63, 3.8) is 0 Å². The maximum absolute atomic E-state index is 13.0. The van der Waals surface area contributed by atoms with Gasteiger partial charge in [0, 0.05) is 9.79 Å². The molecule has 3 aromatic carbocycles. The normalized spacial score (nSPS) is 11.6. The topological polar surface area (TPSA) is 52.6 Å². The molecule has 0 radical (unpaired) electrons. The first-order valence-corrected chi connectivity index (χ1v) is 11.7. The van der Waals surface area contributed by atoms with Crippen LogP contribution in [0.3, 0.4) is 0 Å². The summed E-state index contributed by atoms with van der Waals surface area (Å²) < 4.78 is 10.2. The van der Waals surface area contributed by atoms with E-state index in [0.29, 0.717) is 12.0 Å². The predicted molar refractivity (Wildman–Crippen MR) is 127 cm³/mol. The van der Waals surface area contributed by atoms with Gasteiger partial charge in [0.1, 0.15) is 0 Å². The van der Waals surface area contributed by atoms with Crippen molar-refractivity contribution in [2.45, 2.75) is 42.4 Å². The Kier molecular flexibility index (Phi) is 6.66. The standard InChI is InChI=1S/C27H26O4S/c1-4-5-6-13-19-24-18-12-8-10-15-23(18)32-22-14-9-7-11-17(22)20(24)16-21(26(28)30-2)25(19)27(29)31-3/h7-12,14-16H,4-6,13H2,1-3H3. The summed E-state index contributed by atoms with van der Waals surface area (Å²) in [5.41, 5.74) is 5.48. The second-order valence-corrected chi connectivity index (χ2v) is 8.82. The Hall–Kier alpha value is -3.05. The smallest absolute Gasteiger partial charge is 0.339 e. The van der Waals surface area contributed by atoms with Gasteiger partial charge >= 0.3 is 11.9 Å². The lowest BCUT2D eigenvalue weighted by Gasteiger charge is -2.21. The molecule has 164 valence electrons. The fraction of sp³-hybridized carbons (Fsp3) is 0.259. The van der Waals surface area contributed by atoms with Gasteiger partial charge in [-0.1, -0.05) is 67.9 Å². The highest BCUT2D eigenvalue weighted by Crippen LogP contribution is 2.50. The highest BCUT2D eigenvalue weighted by molar-refractivity contribution is 7.99. The number of rotatable bonds is 6. The zero-order valence-electron chi connectivity index (χ0n) is 18.6. The zero-order chi connectivity index (χ0) is 22.7. The molecular weight excluding hydrogens is 420 g/mol. The first-order valence-electron chi connectivity index (χ1n) is 10.8. The molecule has 0 saturated heterocycles. The maximum atomic E-state index is 13.0. The molecule has 0 aliphatic carbocycles. The Labute approximate surface area is 192 Å². The molecule has 0 aromatic heterocycles. The number of methoxy groups -OCH3 is 2. The molecule has 0 unspecified atom stereocenters. The van der Waals surface area contributed by atoms with Crippen LogP contribution in [0, 0.1) is 0 Å². The van der Waals surface area contributed by atoms with Gasteiger partial charge in [-0.25, -0.2) is 9.59 Å². The van der Waals surface area contributed by atoms with Crippen LogP contribution < -0.4 is 0 Å². The Bertz CT molecular complexity index is 1180. The van der Waals surface area contributed by atoms with Crippen LogP contribution in [0.25, 0.3) is 22.3 Å². The Morgan fingerprint density at radius 1 is 0.812 bits per heavy atom. The monoisotopic (exact) mass is 446 g/mol. The molecule has 4 nitrogen and oxygen atoms in total. The molecule has 5 heteroatoms. The second kappa shape index (κ2) is 9.61. The average Bonchev–Trinajstić information content (AvgIpc) is 2.97. The largest absolute Gasteiger partial charge is 0.465 e. The number of unbranched alkanes of at least 4 members (excludes halogenated alkanes) is 2. The van der Waals surface area contributed by atoms with Crippen molar-refractivity contribution in [1.29, 1.82) is 0 Å². The lowest BCUT2D eigenvalue weighted by molar-refractivity contribution is 0.0554. The molecule has 3 aromatic rings. The lowest BCUT2D eigenvalue weighted by atomic mass is 9.83. The SMILES string of the molecule is CCCCCc1c(C(=O)OC)c(C(=O)OC)cc2c1-c1ccccc1Sc1ccccc1-2. The molecule has 0 atom stereocenters. The molecule has 1 heterocycles. The van der Waals surface area contributed by atoms with Gasteiger partial charge in [-0.15, -0.1) is 0 Å². The minimum atomic E-state index is -0.535. The molecule has 32 heavy (non-hydrogen) atoms. The summed E-state index contributed by atoms with van der Waals surface area (Å²) in [6.07, 6.45) is 3.67. The van der Waals surface area contributed by atoms with E-state index in [1.807, 2.05) is 24.3 Å². The van der Waals surface area contributed by atoms with Gasteiger partial charge < -0.3 is 9.47 Å². The van der Waals surface area contributed by atoms with E-state index in [1.54, 1.807) is 17.8 Å². The third-order valence-electron chi connectivity index (χ3n) is 5.81. The number of carbonyl (C=O) groups excluding carboxylic acids is 2. The third-order valence-corrected chi connectivity index (χ3v) is 6.96. The molecule has 0 bridgehead atoms. The van der Waals surface area contributed by atoms with Crippen molar-refractivity contribution in [2.24, 2.45) is 0 Å². The van der Waals surface area contributed by atoms with Gasteiger partial charge in [-0.2, -0.15) is 0 Å². The van der Waals surface area contributed by atoms with Crippen LogP contribution in [0.5, 0.6) is 0 Å². The van der Waals surface area contributed by atoms with Crippen LogP contribution in [0.4, 0.5) is 0 Å². The van der Waals surface area contributed by atoms with Crippen LogP contribution in [0.15, 0.2) is 64.4 Å². The number of hydrogen-bond donors (Lipinski definition) is 0. The number of carbonyl (C=O) groups is 2. The van der Waals surface area contributed by atoms with Gasteiger partial charge in [0.15, 0.2) is 0 Å². The fourth-order valence-corrected chi connectivity index (χ4v) is 5.42. The van der Waals surface area contributed by atoms with E-state index >= 15 is 0 Å². The van der Waals surface area contributed by atoms with E-state index in [1.165, 1.54) is 14.2 Å². The zero-order valence-corrected chi connectivity index (χ0v) is 19.4. The van der Waals surface area contributed by atoms with Crippen LogP contribution in [0.1, 0.15) is 52.5 Å². The van der Waals surface area contributed by atoms with E-state index in [-0.39, 0.29) is 5.56 Å². The van der Waals surface area contributed by atoms with Gasteiger partial charge in [-0.05, 0) is 58.9 Å². The second-order valence-electron chi connectivity index (χ2n) is 7.73. The highest BCUT2D eigenvalue weighted by Gasteiger charge is 2.31. The average molecular weight is 447 g/mol. The summed E-state index contributed by atoms with van der Waals surface area (Å²) in [6, 6.07) is 18.2. The molecular formula is C27H26O4S. The van der Waals surface area contributed by atoms with E-state index in [2.05, 4.69) is 31.2 Å². The van der Waals surface area contributed by atoms with Gasteiger partial charge in [0.05, 0.1) is 25.3 Å². The van der Waals surface area contributed by atoms with E-state index in [0.717, 1.165) is 56.9 Å². The van der Waals surface area contributed by atoms with Gasteiger partial charge in [0.25, 0.3) is 0 Å². The van der Waals surface area contributed by atoms with E-state index in [9.17, 15) is 9.59 Å². The molecule has 1 aliphatic rings. The molecule has 0 amide bonds. The van der Waals surface area contributed by atoms with Crippen molar-refractivity contribution < 1.29 is 19.1 Å². The minimum absolute atomic E-state index is 0.254. The summed E-state index contributed by atoms with van der Waals surface area (Å²) in [7, 11) is 2.69. The van der Waals surface area contributed by atoms with E-state index in [4.69, 9.17) is 9.47 Å². The molecule has 0 spiro atoms. The number of esters is 2. The van der Waals surface area contributed by atoms with Crippen LogP contribution >= 0.6 is 11.8 Å². The first kappa shape index (κ1) is 22.2. The number of hydrogen-bond acceptors (Lipinski definition) is 5. The minimum Gasteiger partial charge on any atom is -0.465 e. The lowest BCUT2D eigenvalue weighted by Crippen LogP contribution is -2.16. The molecule has 4 rings (SSSR count). The summed E-state index contributed by atoms with van der Waals surface area (Å²) in [5, 5.41) is 0. The van der Waals surface area contributed by atoms with Crippen molar-refractivity contribution >= 4 is 23.7 Å². The van der Waals surface area contributed by atoms with Gasteiger partial charge in [-0.3, -0.25) is 0 Å². The Morgan fingerprint density at radius 2 is 1.44 bits per heavy atom. The summed E-state index contributed by atoms with van der Waals surface area (Å²) in [5.74, 6) is -1.05. The highest BCUT2D eigenvalue weighted by atomic mass is 32.2. The molecule has 0 fully saturated rings. The van der Waals surface area contributed by atoms with Crippen molar-refractivity contribution in [1.82, 2.24) is 0 Å². The van der Waals surface area contributed by atoms with Crippen molar-refractivity contribution in [3.05, 3.63) is 71.3 Å². The predicted octanol–water partition coefficient (Wildman–Crippen LogP) is 6.79. The van der Waals surface area contributed by atoms with Crippen LogP contribution in [-0.4, -0.2) is 26.2 Å². The van der Waals surface area contributed by atoms with E-state index < -0.39 is 11.9 Å². The Morgan fingerprint density at radius 3 is 2.09 bits per heavy atom. The van der Waals surface area contributed by atoms with Crippen LogP contribution in [-0.2, 0) is 15.9 Å². The summed E-state index contributed by atoms with van der Waals surface area (Å²) in [6.45, 7) is 2.15. The summed E-state index contributed by atoms with van der Waals surface area (Å²) in [4.78, 5) is 28.1. The Balaban J connectivity index is 2.15. The van der Waals surface area contributed by atoms with Crippen molar-refractivity contribution in [2.75, 3.05) is 14.2 Å². The van der Waals surface area contributed by atoms with Crippen LogP contribution in [0.2, 0.25) is 0 Å². The van der Waals surface area contributed by atoms with Gasteiger partial charge in [0.2, 0.25) is 0 Å². The quantitative estimate of drug-likeness (QED) is 0.241. The molecule has 1 aliphatic heterocycles. The maximum Gasteiger partial charge on any atom is 0.339 e. The first-order chi connectivity index (χ1) is 15.6. The van der Waals surface area contributed by atoms with Crippen molar-refractivity contribution in [3.8, 4) is 22.3 Å². The number of fused-ring (bicyclic) bond motifs is 5. The summed E-state index contributed by atoms with van der Waals surface area (Å²) >= 11 is 1.70. The molecule has 0 N–H and O–H groups in total.